The molecule has 2 N–H and O–H groups in total. The zero-order valence-electron chi connectivity index (χ0n) is 30.3. The Bertz CT molecular complexity index is 2330. The number of hydrogen-bond acceptors (Lipinski definition) is 10. The van der Waals surface area contributed by atoms with Crippen molar-refractivity contribution in [3.63, 3.8) is 0 Å². The van der Waals surface area contributed by atoms with Crippen LogP contribution in [0.25, 0.3) is 32.1 Å². The summed E-state index contributed by atoms with van der Waals surface area (Å²) < 4.78 is 53.5. The number of nitriles is 2. The van der Waals surface area contributed by atoms with Gasteiger partial charge in [0.05, 0.1) is 32.3 Å². The molecule has 1 saturated carbocycles. The highest BCUT2D eigenvalue weighted by Crippen LogP contribution is 2.50. The highest BCUT2D eigenvalue weighted by atomic mass is 35.5. The standard InChI is InChI=1S/C40H40ClF3N8O2S/c41-27-15-25-32(31(44)30(27)24-5-6-28(43)33-29(24)26(17-46)34(47)55-33)48-37(54-22-40-10-4-14-52(40)18-23(42)16-40)49-35(25)50-13-2-1-7-38(19-50)20-51(21-38)36(53)39(11-12-45)8-3-9-39/h5-6,15,23H,1-4,7-11,13-14,16,18-22,47H2/t23-,40+/m1/s1. The van der Waals surface area contributed by atoms with Gasteiger partial charge < -0.3 is 20.3 Å². The van der Waals surface area contributed by atoms with Crippen LogP contribution in [0, 0.1) is 45.1 Å². The van der Waals surface area contributed by atoms with Crippen molar-refractivity contribution in [2.75, 3.05) is 56.5 Å². The van der Waals surface area contributed by atoms with Gasteiger partial charge in [-0.15, -0.1) is 11.3 Å². The van der Waals surface area contributed by atoms with Gasteiger partial charge in [-0.25, -0.2) is 13.2 Å². The van der Waals surface area contributed by atoms with Crippen LogP contribution in [-0.4, -0.2) is 83.3 Å². The summed E-state index contributed by atoms with van der Waals surface area (Å²) in [5, 5.41) is 20.1. The van der Waals surface area contributed by atoms with Crippen molar-refractivity contribution < 1.29 is 22.7 Å². The van der Waals surface area contributed by atoms with Gasteiger partial charge in [-0.05, 0) is 62.8 Å². The molecule has 1 spiro atoms. The summed E-state index contributed by atoms with van der Waals surface area (Å²) in [6.07, 6.45) is 6.41. The van der Waals surface area contributed by atoms with Crippen LogP contribution < -0.4 is 15.4 Å². The number of carbonyl (C=O) groups excluding carboxylic acids is 1. The summed E-state index contributed by atoms with van der Waals surface area (Å²) in [4.78, 5) is 29.4. The zero-order valence-corrected chi connectivity index (χ0v) is 31.8. The molecule has 9 rings (SSSR count). The summed E-state index contributed by atoms with van der Waals surface area (Å²) in [6, 6.07) is 8.44. The molecule has 1 amide bonds. The highest BCUT2D eigenvalue weighted by Gasteiger charge is 2.54. The number of rotatable bonds is 7. The van der Waals surface area contributed by atoms with Gasteiger partial charge in [0, 0.05) is 67.3 Å². The first kappa shape index (κ1) is 36.3. The molecule has 10 nitrogen and oxygen atoms in total. The van der Waals surface area contributed by atoms with Gasteiger partial charge in [0.2, 0.25) is 5.91 Å². The Balaban J connectivity index is 1.13. The Morgan fingerprint density at radius 3 is 2.64 bits per heavy atom. The van der Waals surface area contributed by atoms with E-state index in [1.54, 1.807) is 6.07 Å². The minimum absolute atomic E-state index is 0.0266. The van der Waals surface area contributed by atoms with Gasteiger partial charge >= 0.3 is 6.01 Å². The maximum atomic E-state index is 17.3. The molecule has 5 fully saturated rings. The van der Waals surface area contributed by atoms with Gasteiger partial charge in [0.25, 0.3) is 0 Å². The van der Waals surface area contributed by atoms with E-state index >= 15 is 8.78 Å². The highest BCUT2D eigenvalue weighted by molar-refractivity contribution is 7.23. The van der Waals surface area contributed by atoms with Crippen LogP contribution in [0.5, 0.6) is 6.01 Å². The van der Waals surface area contributed by atoms with Crippen LogP contribution in [0.2, 0.25) is 5.02 Å². The van der Waals surface area contributed by atoms with Crippen LogP contribution in [0.3, 0.4) is 0 Å². The normalized spacial score (nSPS) is 24.3. The molecule has 5 aliphatic rings. The lowest BCUT2D eigenvalue weighted by molar-refractivity contribution is -0.159. The second-order valence-electron chi connectivity index (χ2n) is 16.4. The number of thiophene rings is 1. The number of nitrogen functional groups attached to an aromatic ring is 1. The second kappa shape index (κ2) is 13.4. The van der Waals surface area contributed by atoms with E-state index < -0.39 is 28.8 Å². The third kappa shape index (κ3) is 5.77. The maximum Gasteiger partial charge on any atom is 0.319 e. The molecule has 15 heteroatoms. The van der Waals surface area contributed by atoms with E-state index in [0.717, 1.165) is 69.2 Å². The molecule has 55 heavy (non-hydrogen) atoms. The fourth-order valence-electron chi connectivity index (χ4n) is 10.1. The molecule has 0 unspecified atom stereocenters. The molecule has 1 aliphatic carbocycles. The van der Waals surface area contributed by atoms with E-state index in [9.17, 15) is 19.7 Å². The van der Waals surface area contributed by atoms with E-state index in [-0.39, 0.29) is 72.7 Å². The predicted molar refractivity (Wildman–Crippen MR) is 205 cm³/mol. The first-order valence-electron chi connectivity index (χ1n) is 19.0. The van der Waals surface area contributed by atoms with Crippen LogP contribution in [0.15, 0.2) is 18.2 Å². The smallest absolute Gasteiger partial charge is 0.319 e. The molecule has 2 aromatic carbocycles. The van der Waals surface area contributed by atoms with Crippen molar-refractivity contribution in [3.05, 3.63) is 40.4 Å². The molecule has 2 aromatic heterocycles. The number of halogens is 4. The lowest BCUT2D eigenvalue weighted by Crippen LogP contribution is -2.65. The Hall–Kier alpha value is -4.37. The Morgan fingerprint density at radius 2 is 1.89 bits per heavy atom. The molecule has 4 saturated heterocycles. The molecule has 4 aliphatic heterocycles. The fraction of sp³-hybridized carbons (Fsp3) is 0.525. The number of nitrogens with zero attached hydrogens (tertiary/aromatic N) is 7. The van der Waals surface area contributed by atoms with Crippen molar-refractivity contribution >= 4 is 60.7 Å². The van der Waals surface area contributed by atoms with Crippen molar-refractivity contribution in [2.45, 2.75) is 75.9 Å². The Labute approximate surface area is 325 Å². The molecule has 286 valence electrons. The van der Waals surface area contributed by atoms with Crippen molar-refractivity contribution in [2.24, 2.45) is 10.8 Å². The van der Waals surface area contributed by atoms with E-state index in [1.807, 2.05) is 11.0 Å². The van der Waals surface area contributed by atoms with Crippen LogP contribution in [0.4, 0.5) is 24.0 Å². The number of anilines is 2. The lowest BCUT2D eigenvalue weighted by Gasteiger charge is -2.55. The van der Waals surface area contributed by atoms with Gasteiger partial charge in [-0.1, -0.05) is 30.5 Å². The van der Waals surface area contributed by atoms with Crippen molar-refractivity contribution in [1.29, 1.82) is 10.5 Å². The van der Waals surface area contributed by atoms with Crippen LogP contribution >= 0.6 is 22.9 Å². The second-order valence-corrected chi connectivity index (χ2v) is 17.9. The molecular formula is C40H40ClF3N8O2S. The third-order valence-electron chi connectivity index (χ3n) is 13.0. The quantitative estimate of drug-likeness (QED) is 0.199. The summed E-state index contributed by atoms with van der Waals surface area (Å²) in [7, 11) is 0. The van der Waals surface area contributed by atoms with E-state index in [4.69, 9.17) is 27.1 Å². The number of nitrogens with two attached hydrogens (primary N) is 1. The van der Waals surface area contributed by atoms with Crippen molar-refractivity contribution in [1.82, 2.24) is 19.8 Å². The summed E-state index contributed by atoms with van der Waals surface area (Å²) in [6.45, 7) is 3.56. The predicted octanol–water partition coefficient (Wildman–Crippen LogP) is 7.76. The zero-order chi connectivity index (χ0) is 38.3. The third-order valence-corrected chi connectivity index (χ3v) is 14.3. The number of carbonyl (C=O) groups is 1. The van der Waals surface area contributed by atoms with E-state index in [2.05, 4.69) is 20.9 Å². The number of likely N-dealkylation sites (tertiary alicyclic amines) is 1. The van der Waals surface area contributed by atoms with Crippen LogP contribution in [0.1, 0.15) is 69.8 Å². The SMILES string of the molecule is N#CCC1(C(=O)N2CC3(CCCCN(c4nc(OC[C@@]56CCCN5C[C@H](F)C6)nc5c(F)c(-c6ccc(F)c7sc(N)c(C#N)c67)c(Cl)cc45)C3)C2)CCC1. The number of benzene rings is 2. The summed E-state index contributed by atoms with van der Waals surface area (Å²) in [5.41, 5.74) is 4.97. The van der Waals surface area contributed by atoms with Crippen LogP contribution in [-0.2, 0) is 4.79 Å². The average Bonchev–Trinajstić information content (AvgIpc) is 3.71. The lowest BCUT2D eigenvalue weighted by atomic mass is 9.64. The number of amides is 1. The van der Waals surface area contributed by atoms with Gasteiger partial charge in [-0.3, -0.25) is 9.69 Å². The maximum absolute atomic E-state index is 17.3. The topological polar surface area (TPSA) is 135 Å². The number of fused-ring (bicyclic) bond motifs is 3. The molecular weight excluding hydrogens is 749 g/mol. The largest absolute Gasteiger partial charge is 0.461 e. The molecule has 6 heterocycles. The number of alkyl halides is 1. The summed E-state index contributed by atoms with van der Waals surface area (Å²) >= 11 is 7.88. The molecule has 2 atom stereocenters. The van der Waals surface area contributed by atoms with E-state index in [1.165, 1.54) is 12.1 Å². The Kier molecular flexibility index (Phi) is 8.83. The molecule has 4 aromatic rings. The molecule has 0 radical (unpaired) electrons. The first-order chi connectivity index (χ1) is 26.5. The summed E-state index contributed by atoms with van der Waals surface area (Å²) in [5.74, 6) is -0.862. The average molecular weight is 789 g/mol. The van der Waals surface area contributed by atoms with Gasteiger partial charge in [0.15, 0.2) is 5.82 Å². The van der Waals surface area contributed by atoms with Crippen molar-refractivity contribution in [3.8, 4) is 29.3 Å². The van der Waals surface area contributed by atoms with E-state index in [0.29, 0.717) is 50.3 Å². The molecule has 0 bridgehead atoms. The number of aromatic nitrogens is 2. The number of ether oxygens (including phenoxy) is 1. The van der Waals surface area contributed by atoms with Gasteiger partial charge in [-0.2, -0.15) is 20.5 Å². The minimum atomic E-state index is -0.961. The Morgan fingerprint density at radius 1 is 1.07 bits per heavy atom. The first-order valence-corrected chi connectivity index (χ1v) is 20.2. The number of hydrogen-bond donors (Lipinski definition) is 1. The fourth-order valence-corrected chi connectivity index (χ4v) is 11.4. The minimum Gasteiger partial charge on any atom is -0.461 e. The monoisotopic (exact) mass is 788 g/mol. The van der Waals surface area contributed by atoms with Gasteiger partial charge in [0.1, 0.15) is 41.0 Å².